The van der Waals surface area contributed by atoms with Gasteiger partial charge in [-0.25, -0.2) is 0 Å². The topological polar surface area (TPSA) is 29.3 Å². The molecular weight excluding hydrogens is 220 g/mol. The molecule has 1 aromatic carbocycles. The lowest BCUT2D eigenvalue weighted by atomic mass is 9.99. The van der Waals surface area contributed by atoms with Crippen LogP contribution in [0.5, 0.6) is 0 Å². The van der Waals surface area contributed by atoms with E-state index in [0.717, 1.165) is 6.54 Å². The molecule has 0 heterocycles. The minimum Gasteiger partial charge on any atom is -0.323 e. The second-order valence-electron chi connectivity index (χ2n) is 5.87. The minimum absolute atomic E-state index is 0.0931. The molecule has 0 saturated carbocycles. The molecular formula is C16H28N2. The van der Waals surface area contributed by atoms with Crippen LogP contribution in [-0.4, -0.2) is 24.5 Å². The lowest BCUT2D eigenvalue weighted by molar-refractivity contribution is 0.197. The summed E-state index contributed by atoms with van der Waals surface area (Å²) in [7, 11) is 2.16. The summed E-state index contributed by atoms with van der Waals surface area (Å²) in [5, 5.41) is 0. The smallest absolute Gasteiger partial charge is 0.0424 e. The molecule has 1 aromatic rings. The van der Waals surface area contributed by atoms with Gasteiger partial charge in [0, 0.05) is 18.6 Å². The van der Waals surface area contributed by atoms with Crippen molar-refractivity contribution in [1.29, 1.82) is 0 Å². The Morgan fingerprint density at radius 1 is 1.11 bits per heavy atom. The fourth-order valence-electron chi connectivity index (χ4n) is 2.09. The van der Waals surface area contributed by atoms with Gasteiger partial charge in [0.1, 0.15) is 0 Å². The molecule has 18 heavy (non-hydrogen) atoms. The van der Waals surface area contributed by atoms with Crippen LogP contribution in [0.2, 0.25) is 0 Å². The Balaban J connectivity index is 2.70. The molecule has 0 aromatic heterocycles. The Morgan fingerprint density at radius 2 is 1.72 bits per heavy atom. The number of nitrogens with zero attached hydrogens (tertiary/aromatic N) is 1. The third-order valence-corrected chi connectivity index (χ3v) is 4.10. The number of hydrogen-bond donors (Lipinski definition) is 1. The SMILES string of the molecule is Cc1ccc(C(N)CN(C)C(C)C(C)C)cc1C. The van der Waals surface area contributed by atoms with E-state index in [0.29, 0.717) is 12.0 Å². The summed E-state index contributed by atoms with van der Waals surface area (Å²) >= 11 is 0. The Morgan fingerprint density at radius 3 is 2.22 bits per heavy atom. The molecule has 0 bridgehead atoms. The zero-order chi connectivity index (χ0) is 13.9. The van der Waals surface area contributed by atoms with Gasteiger partial charge in [-0.1, -0.05) is 32.0 Å². The van der Waals surface area contributed by atoms with E-state index in [2.05, 4.69) is 64.8 Å². The number of benzene rings is 1. The summed E-state index contributed by atoms with van der Waals surface area (Å²) in [5.41, 5.74) is 10.2. The predicted octanol–water partition coefficient (Wildman–Crippen LogP) is 3.28. The average Bonchev–Trinajstić information content (AvgIpc) is 2.31. The zero-order valence-corrected chi connectivity index (χ0v) is 12.7. The fraction of sp³-hybridized carbons (Fsp3) is 0.625. The molecule has 0 saturated heterocycles. The highest BCUT2D eigenvalue weighted by molar-refractivity contribution is 5.31. The highest BCUT2D eigenvalue weighted by Gasteiger charge is 2.16. The molecule has 2 nitrogen and oxygen atoms in total. The van der Waals surface area contributed by atoms with E-state index in [1.54, 1.807) is 0 Å². The maximum Gasteiger partial charge on any atom is 0.0424 e. The Kier molecular flexibility index (Phi) is 5.36. The van der Waals surface area contributed by atoms with Crippen LogP contribution in [-0.2, 0) is 0 Å². The van der Waals surface area contributed by atoms with E-state index in [1.165, 1.54) is 16.7 Å². The fourth-order valence-corrected chi connectivity index (χ4v) is 2.09. The minimum atomic E-state index is 0.0931. The van der Waals surface area contributed by atoms with Crippen molar-refractivity contribution in [2.24, 2.45) is 11.7 Å². The molecule has 2 N–H and O–H groups in total. The van der Waals surface area contributed by atoms with Crippen LogP contribution in [0.15, 0.2) is 18.2 Å². The highest BCUT2D eigenvalue weighted by atomic mass is 15.1. The molecule has 2 heteroatoms. The first-order valence-electron chi connectivity index (χ1n) is 6.86. The summed E-state index contributed by atoms with van der Waals surface area (Å²) in [5.74, 6) is 0.655. The van der Waals surface area contributed by atoms with Crippen molar-refractivity contribution in [1.82, 2.24) is 4.90 Å². The summed E-state index contributed by atoms with van der Waals surface area (Å²) in [4.78, 5) is 2.35. The first-order chi connectivity index (χ1) is 8.32. The summed E-state index contributed by atoms with van der Waals surface area (Å²) in [6.07, 6.45) is 0. The van der Waals surface area contributed by atoms with Crippen LogP contribution in [0.1, 0.15) is 43.5 Å². The van der Waals surface area contributed by atoms with Gasteiger partial charge < -0.3 is 10.6 Å². The number of rotatable bonds is 5. The normalized spacial score (nSPS) is 15.2. The van der Waals surface area contributed by atoms with Crippen LogP contribution in [0.25, 0.3) is 0 Å². The molecule has 102 valence electrons. The molecule has 2 unspecified atom stereocenters. The highest BCUT2D eigenvalue weighted by Crippen LogP contribution is 2.18. The molecule has 0 aliphatic carbocycles. The molecule has 0 amide bonds. The molecule has 2 atom stereocenters. The van der Waals surface area contributed by atoms with Gasteiger partial charge in [-0.3, -0.25) is 0 Å². The maximum absolute atomic E-state index is 6.31. The molecule has 0 aliphatic rings. The van der Waals surface area contributed by atoms with Gasteiger partial charge in [-0.2, -0.15) is 0 Å². The first kappa shape index (κ1) is 15.2. The molecule has 0 radical (unpaired) electrons. The Hall–Kier alpha value is -0.860. The monoisotopic (exact) mass is 248 g/mol. The zero-order valence-electron chi connectivity index (χ0n) is 12.7. The summed E-state index contributed by atoms with van der Waals surface area (Å²) in [6, 6.07) is 7.18. The summed E-state index contributed by atoms with van der Waals surface area (Å²) < 4.78 is 0. The van der Waals surface area contributed by atoms with Gasteiger partial charge in [-0.05, 0) is 50.4 Å². The quantitative estimate of drug-likeness (QED) is 0.866. The van der Waals surface area contributed by atoms with E-state index >= 15 is 0 Å². The van der Waals surface area contributed by atoms with Crippen molar-refractivity contribution in [2.75, 3.05) is 13.6 Å². The van der Waals surface area contributed by atoms with E-state index in [1.807, 2.05) is 0 Å². The van der Waals surface area contributed by atoms with Crippen LogP contribution in [0.3, 0.4) is 0 Å². The van der Waals surface area contributed by atoms with Crippen LogP contribution < -0.4 is 5.73 Å². The van der Waals surface area contributed by atoms with Crippen molar-refractivity contribution < 1.29 is 0 Å². The van der Waals surface area contributed by atoms with Gasteiger partial charge in [0.15, 0.2) is 0 Å². The second kappa shape index (κ2) is 6.35. The van der Waals surface area contributed by atoms with Crippen molar-refractivity contribution in [3.63, 3.8) is 0 Å². The van der Waals surface area contributed by atoms with Crippen molar-refractivity contribution >= 4 is 0 Å². The number of likely N-dealkylation sites (N-methyl/N-ethyl adjacent to an activating group) is 1. The van der Waals surface area contributed by atoms with Crippen LogP contribution in [0, 0.1) is 19.8 Å². The van der Waals surface area contributed by atoms with Crippen LogP contribution >= 0.6 is 0 Å². The standard InChI is InChI=1S/C16H28N2/c1-11(2)14(5)18(6)10-16(17)15-8-7-12(3)13(4)9-15/h7-9,11,14,16H,10,17H2,1-6H3. The molecule has 0 spiro atoms. The van der Waals surface area contributed by atoms with E-state index in [4.69, 9.17) is 5.73 Å². The predicted molar refractivity (Wildman–Crippen MR) is 79.8 cm³/mol. The lowest BCUT2D eigenvalue weighted by Gasteiger charge is -2.30. The summed E-state index contributed by atoms with van der Waals surface area (Å²) in [6.45, 7) is 12.0. The van der Waals surface area contributed by atoms with Gasteiger partial charge >= 0.3 is 0 Å². The van der Waals surface area contributed by atoms with Crippen molar-refractivity contribution in [3.8, 4) is 0 Å². The maximum atomic E-state index is 6.31. The average molecular weight is 248 g/mol. The number of aryl methyl sites for hydroxylation is 2. The third-order valence-electron chi connectivity index (χ3n) is 4.10. The van der Waals surface area contributed by atoms with Gasteiger partial charge in [0.25, 0.3) is 0 Å². The Bertz CT molecular complexity index is 385. The van der Waals surface area contributed by atoms with E-state index < -0.39 is 0 Å². The van der Waals surface area contributed by atoms with E-state index in [-0.39, 0.29) is 6.04 Å². The third kappa shape index (κ3) is 3.82. The van der Waals surface area contributed by atoms with Crippen molar-refractivity contribution in [2.45, 2.75) is 46.7 Å². The van der Waals surface area contributed by atoms with Crippen LogP contribution in [0.4, 0.5) is 0 Å². The van der Waals surface area contributed by atoms with Gasteiger partial charge in [0.05, 0.1) is 0 Å². The lowest BCUT2D eigenvalue weighted by Crippen LogP contribution is -2.38. The molecule has 1 rings (SSSR count). The van der Waals surface area contributed by atoms with Crippen molar-refractivity contribution in [3.05, 3.63) is 34.9 Å². The van der Waals surface area contributed by atoms with Gasteiger partial charge in [0.2, 0.25) is 0 Å². The largest absolute Gasteiger partial charge is 0.323 e. The Labute approximate surface area is 112 Å². The molecule has 0 fully saturated rings. The first-order valence-corrected chi connectivity index (χ1v) is 6.86. The van der Waals surface area contributed by atoms with Gasteiger partial charge in [-0.15, -0.1) is 0 Å². The van der Waals surface area contributed by atoms with E-state index in [9.17, 15) is 0 Å². The number of nitrogens with two attached hydrogens (primary N) is 1. The number of hydrogen-bond acceptors (Lipinski definition) is 2. The second-order valence-corrected chi connectivity index (χ2v) is 5.87. The molecule has 0 aliphatic heterocycles.